The fourth-order valence-electron chi connectivity index (χ4n) is 6.42. The van der Waals surface area contributed by atoms with E-state index in [1.807, 2.05) is 29.4 Å². The highest BCUT2D eigenvalue weighted by atomic mass is 16.2. The molecule has 7 rings (SSSR count). The predicted octanol–water partition coefficient (Wildman–Crippen LogP) is 5.26. The number of likely N-dealkylation sites (tertiary alicyclic amines) is 1. The highest BCUT2D eigenvalue weighted by molar-refractivity contribution is 6.02. The van der Waals surface area contributed by atoms with Gasteiger partial charge in [0.15, 0.2) is 5.82 Å². The smallest absolute Gasteiger partial charge is 0.270 e. The van der Waals surface area contributed by atoms with Crippen molar-refractivity contribution in [3.05, 3.63) is 42.0 Å². The summed E-state index contributed by atoms with van der Waals surface area (Å²) in [5, 5.41) is 9.35. The van der Waals surface area contributed by atoms with E-state index in [9.17, 15) is 4.79 Å². The molecular weight excluding hydrogens is 500 g/mol. The van der Waals surface area contributed by atoms with Crippen molar-refractivity contribution < 1.29 is 4.79 Å². The van der Waals surface area contributed by atoms with Crippen molar-refractivity contribution in [2.75, 3.05) is 31.5 Å². The molecule has 1 saturated carbocycles. The summed E-state index contributed by atoms with van der Waals surface area (Å²) in [6.07, 6.45) is 13.5. The van der Waals surface area contributed by atoms with Gasteiger partial charge in [0.25, 0.3) is 5.91 Å². The Morgan fingerprint density at radius 3 is 2.67 bits per heavy atom. The number of amides is 1. The summed E-state index contributed by atoms with van der Waals surface area (Å²) in [7, 11) is 0. The van der Waals surface area contributed by atoms with Crippen LogP contribution in [0.1, 0.15) is 80.8 Å². The lowest BCUT2D eigenvalue weighted by molar-refractivity contribution is 0.0756. The first-order valence-corrected chi connectivity index (χ1v) is 14.9. The standard InChI is InChI=1S/C31H38N8O/c1-31(2)18-32-11-10-25(31)37-29-26-22(19-7-8-19)16-33-17-24(26)36-28(38-29)20-9-12-34-27-21(20)15-23(35-27)30(40)39-13-5-3-4-6-14-39/h9,12,15-17,19,25,32H,3-8,10-11,13-14,18H2,1-2H3,(H,34,35)(H,36,37,38)/t25-/m0/s1. The van der Waals surface area contributed by atoms with E-state index >= 15 is 0 Å². The quantitative estimate of drug-likeness (QED) is 0.318. The Morgan fingerprint density at radius 1 is 1.07 bits per heavy atom. The second-order valence-electron chi connectivity index (χ2n) is 12.5. The minimum Gasteiger partial charge on any atom is -0.366 e. The number of nitrogens with zero attached hydrogens (tertiary/aromatic N) is 5. The van der Waals surface area contributed by atoms with Gasteiger partial charge in [-0.05, 0) is 67.7 Å². The molecule has 3 N–H and O–H groups in total. The summed E-state index contributed by atoms with van der Waals surface area (Å²) in [6.45, 7) is 8.16. The molecule has 4 aromatic rings. The summed E-state index contributed by atoms with van der Waals surface area (Å²) >= 11 is 0. The Hall–Kier alpha value is -3.59. The predicted molar refractivity (Wildman–Crippen MR) is 157 cm³/mol. The van der Waals surface area contributed by atoms with Crippen molar-refractivity contribution in [2.45, 2.75) is 70.8 Å². The van der Waals surface area contributed by atoms with Crippen molar-refractivity contribution in [3.8, 4) is 11.4 Å². The number of aromatic nitrogens is 5. The molecule has 1 amide bonds. The first-order chi connectivity index (χ1) is 19.5. The van der Waals surface area contributed by atoms with Crippen LogP contribution in [0.25, 0.3) is 33.3 Å². The Morgan fingerprint density at radius 2 is 1.90 bits per heavy atom. The maximum Gasteiger partial charge on any atom is 0.270 e. The van der Waals surface area contributed by atoms with E-state index in [1.54, 1.807) is 6.20 Å². The fourth-order valence-corrected chi connectivity index (χ4v) is 6.42. The van der Waals surface area contributed by atoms with Crippen LogP contribution in [-0.2, 0) is 0 Å². The van der Waals surface area contributed by atoms with Crippen LogP contribution in [0.3, 0.4) is 0 Å². The molecule has 3 fully saturated rings. The van der Waals surface area contributed by atoms with Gasteiger partial charge in [0.05, 0.1) is 11.7 Å². The van der Waals surface area contributed by atoms with Crippen LogP contribution < -0.4 is 10.6 Å². The van der Waals surface area contributed by atoms with E-state index < -0.39 is 0 Å². The molecule has 9 nitrogen and oxygen atoms in total. The number of anilines is 1. The number of nitrogens with one attached hydrogen (secondary N) is 3. The van der Waals surface area contributed by atoms with Crippen molar-refractivity contribution in [1.82, 2.24) is 35.1 Å². The van der Waals surface area contributed by atoms with Gasteiger partial charge in [-0.15, -0.1) is 0 Å². The molecule has 0 radical (unpaired) electrons. The number of fused-ring (bicyclic) bond motifs is 2. The average Bonchev–Trinajstić information content (AvgIpc) is 3.76. The monoisotopic (exact) mass is 538 g/mol. The molecule has 4 aromatic heterocycles. The minimum atomic E-state index is 0.0408. The number of carbonyl (C=O) groups is 1. The lowest BCUT2D eigenvalue weighted by Gasteiger charge is -2.40. The van der Waals surface area contributed by atoms with Gasteiger partial charge < -0.3 is 20.5 Å². The topological polar surface area (TPSA) is 112 Å². The van der Waals surface area contributed by atoms with E-state index in [-0.39, 0.29) is 17.4 Å². The number of rotatable bonds is 5. The van der Waals surface area contributed by atoms with Crippen LogP contribution in [-0.4, -0.2) is 67.9 Å². The number of hydrogen-bond donors (Lipinski definition) is 3. The largest absolute Gasteiger partial charge is 0.366 e. The highest BCUT2D eigenvalue weighted by Gasteiger charge is 2.34. The number of hydrogen-bond acceptors (Lipinski definition) is 7. The van der Waals surface area contributed by atoms with E-state index in [0.29, 0.717) is 23.1 Å². The maximum atomic E-state index is 13.4. The van der Waals surface area contributed by atoms with Crippen LogP contribution in [0.5, 0.6) is 0 Å². The zero-order chi connectivity index (χ0) is 27.3. The summed E-state index contributed by atoms with van der Waals surface area (Å²) in [5.41, 5.74) is 4.29. The second-order valence-corrected chi connectivity index (χ2v) is 12.5. The van der Waals surface area contributed by atoms with Crippen molar-refractivity contribution >= 4 is 33.7 Å². The van der Waals surface area contributed by atoms with Gasteiger partial charge in [-0.3, -0.25) is 9.78 Å². The molecule has 6 heterocycles. The SMILES string of the molecule is CC1(C)CNCC[C@@H]1Nc1nc(-c2ccnc3[nH]c(C(=O)N4CCCCCC4)cc23)nc2cncc(C3CC3)c12. The minimum absolute atomic E-state index is 0.0408. The van der Waals surface area contributed by atoms with Crippen molar-refractivity contribution in [1.29, 1.82) is 0 Å². The first kappa shape index (κ1) is 25.4. The maximum absolute atomic E-state index is 13.4. The molecular formula is C31H38N8O. The molecule has 0 aromatic carbocycles. The van der Waals surface area contributed by atoms with Gasteiger partial charge in [-0.1, -0.05) is 26.7 Å². The molecule has 0 spiro atoms. The fraction of sp³-hybridized carbons (Fsp3) is 0.516. The molecule has 9 heteroatoms. The van der Waals surface area contributed by atoms with Crippen LogP contribution in [0.4, 0.5) is 5.82 Å². The van der Waals surface area contributed by atoms with E-state index in [1.165, 1.54) is 31.2 Å². The average molecular weight is 539 g/mol. The van der Waals surface area contributed by atoms with Gasteiger partial charge in [0.2, 0.25) is 0 Å². The van der Waals surface area contributed by atoms with Gasteiger partial charge in [0.1, 0.15) is 17.2 Å². The number of pyridine rings is 2. The van der Waals surface area contributed by atoms with E-state index in [0.717, 1.165) is 73.1 Å². The van der Waals surface area contributed by atoms with Gasteiger partial charge in [0, 0.05) is 54.4 Å². The molecule has 208 valence electrons. The normalized spacial score (nSPS) is 21.4. The molecule has 1 atom stereocenters. The van der Waals surface area contributed by atoms with Crippen LogP contribution in [0.15, 0.2) is 30.7 Å². The molecule has 2 aliphatic heterocycles. The van der Waals surface area contributed by atoms with Gasteiger partial charge >= 0.3 is 0 Å². The summed E-state index contributed by atoms with van der Waals surface area (Å²) in [6, 6.07) is 4.16. The summed E-state index contributed by atoms with van der Waals surface area (Å²) in [5.74, 6) is 2.07. The Bertz CT molecular complexity index is 1560. The number of aromatic amines is 1. The highest BCUT2D eigenvalue weighted by Crippen LogP contribution is 2.45. The molecule has 2 saturated heterocycles. The van der Waals surface area contributed by atoms with Crippen molar-refractivity contribution in [2.24, 2.45) is 5.41 Å². The lowest BCUT2D eigenvalue weighted by atomic mass is 9.80. The lowest BCUT2D eigenvalue weighted by Crippen LogP contribution is -2.49. The third kappa shape index (κ3) is 4.70. The third-order valence-electron chi connectivity index (χ3n) is 8.99. The third-order valence-corrected chi connectivity index (χ3v) is 8.99. The summed E-state index contributed by atoms with van der Waals surface area (Å²) in [4.78, 5) is 38.1. The number of piperidine rings is 1. The zero-order valence-corrected chi connectivity index (χ0v) is 23.5. The van der Waals surface area contributed by atoms with E-state index in [2.05, 4.69) is 39.4 Å². The number of H-pyrrole nitrogens is 1. The Balaban J connectivity index is 1.33. The number of carbonyl (C=O) groups excluding carboxylic acids is 1. The van der Waals surface area contributed by atoms with Crippen LogP contribution in [0.2, 0.25) is 0 Å². The molecule has 40 heavy (non-hydrogen) atoms. The van der Waals surface area contributed by atoms with Crippen LogP contribution in [0, 0.1) is 5.41 Å². The Labute approximate surface area is 234 Å². The summed E-state index contributed by atoms with van der Waals surface area (Å²) < 4.78 is 0. The second kappa shape index (κ2) is 10.1. The first-order valence-electron chi connectivity index (χ1n) is 14.9. The zero-order valence-electron chi connectivity index (χ0n) is 23.5. The van der Waals surface area contributed by atoms with Gasteiger partial charge in [-0.2, -0.15) is 0 Å². The van der Waals surface area contributed by atoms with E-state index in [4.69, 9.17) is 9.97 Å². The molecule has 0 unspecified atom stereocenters. The van der Waals surface area contributed by atoms with Gasteiger partial charge in [-0.25, -0.2) is 15.0 Å². The molecule has 3 aliphatic rings. The van der Waals surface area contributed by atoms with Crippen LogP contribution >= 0.6 is 0 Å². The van der Waals surface area contributed by atoms with Crippen molar-refractivity contribution in [3.63, 3.8) is 0 Å². The Kier molecular flexibility index (Phi) is 6.41. The molecule has 0 bridgehead atoms. The molecule has 1 aliphatic carbocycles.